The van der Waals surface area contributed by atoms with Crippen molar-refractivity contribution in [1.82, 2.24) is 0 Å². The van der Waals surface area contributed by atoms with Gasteiger partial charge in [-0.2, -0.15) is 0 Å². The lowest BCUT2D eigenvalue weighted by atomic mass is 10.0. The van der Waals surface area contributed by atoms with Gasteiger partial charge in [0, 0.05) is 16.8 Å². The van der Waals surface area contributed by atoms with Crippen LogP contribution in [-0.2, 0) is 0 Å². The van der Waals surface area contributed by atoms with Crippen molar-refractivity contribution in [2.75, 3.05) is 11.5 Å². The Morgan fingerprint density at radius 3 is 1.84 bits per heavy atom. The third kappa shape index (κ3) is 3.53. The Kier molecular flexibility index (Phi) is 4.53. The van der Waals surface area contributed by atoms with Crippen LogP contribution in [0.3, 0.4) is 0 Å². The predicted molar refractivity (Wildman–Crippen MR) is 105 cm³/mol. The number of primary amides is 1. The van der Waals surface area contributed by atoms with Crippen LogP contribution in [0.15, 0.2) is 78.9 Å². The summed E-state index contributed by atoms with van der Waals surface area (Å²) in [6.45, 7) is 0. The van der Waals surface area contributed by atoms with E-state index in [1.807, 2.05) is 18.2 Å². The smallest absolute Gasteiger partial charge is 0.250 e. The van der Waals surface area contributed by atoms with Crippen LogP contribution >= 0.6 is 0 Å². The number of carbonyl (C=O) groups excluding carboxylic acids is 1. The fourth-order valence-electron chi connectivity index (χ4n) is 2.71. The van der Waals surface area contributed by atoms with E-state index in [4.69, 9.17) is 17.2 Å². The third-order valence-electron chi connectivity index (χ3n) is 4.01. The first-order chi connectivity index (χ1) is 12.1. The Morgan fingerprint density at radius 2 is 1.20 bits per heavy atom. The highest BCUT2D eigenvalue weighted by Gasteiger charge is 2.01. The van der Waals surface area contributed by atoms with Gasteiger partial charge in [0.1, 0.15) is 0 Å². The molecule has 4 nitrogen and oxygen atoms in total. The van der Waals surface area contributed by atoms with Crippen LogP contribution in [0.5, 0.6) is 0 Å². The van der Waals surface area contributed by atoms with Crippen molar-refractivity contribution in [3.05, 3.63) is 84.4 Å². The fraction of sp³-hybridized carbons (Fsp3) is 0. The van der Waals surface area contributed by atoms with Crippen molar-refractivity contribution in [3.63, 3.8) is 0 Å². The van der Waals surface area contributed by atoms with Crippen LogP contribution in [0, 0.1) is 0 Å². The molecule has 0 unspecified atom stereocenters. The Morgan fingerprint density at radius 1 is 0.640 bits per heavy atom. The van der Waals surface area contributed by atoms with Crippen LogP contribution in [0.1, 0.15) is 10.4 Å². The minimum Gasteiger partial charge on any atom is -0.398 e. The first kappa shape index (κ1) is 16.3. The normalized spacial score (nSPS) is 10.2. The molecule has 25 heavy (non-hydrogen) atoms. The van der Waals surface area contributed by atoms with E-state index in [0.717, 1.165) is 11.1 Å². The molecule has 4 heteroatoms. The molecule has 0 aromatic heterocycles. The monoisotopic (exact) mass is 329 g/mol. The van der Waals surface area contributed by atoms with Gasteiger partial charge in [-0.05, 0) is 46.5 Å². The number of rotatable bonds is 1. The number of anilines is 2. The van der Waals surface area contributed by atoms with Crippen LogP contribution < -0.4 is 17.2 Å². The second kappa shape index (κ2) is 6.93. The van der Waals surface area contributed by atoms with Gasteiger partial charge in [-0.3, -0.25) is 4.79 Å². The average molecular weight is 329 g/mol. The van der Waals surface area contributed by atoms with Gasteiger partial charge in [0.25, 0.3) is 5.91 Å². The number of para-hydroxylation sites is 1. The summed E-state index contributed by atoms with van der Waals surface area (Å²) in [5.74, 6) is -0.488. The number of amides is 1. The van der Waals surface area contributed by atoms with Gasteiger partial charge in [-0.25, -0.2) is 0 Å². The van der Waals surface area contributed by atoms with Gasteiger partial charge in [-0.15, -0.1) is 0 Å². The van der Waals surface area contributed by atoms with Gasteiger partial charge < -0.3 is 17.2 Å². The SMILES string of the molecule is NC(=O)c1ccccc1N.Nc1cccc2cc3ccccc3cc12. The maximum Gasteiger partial charge on any atom is 0.250 e. The zero-order chi connectivity index (χ0) is 17.8. The van der Waals surface area contributed by atoms with E-state index in [9.17, 15) is 4.79 Å². The molecule has 124 valence electrons. The second-order valence-electron chi connectivity index (χ2n) is 5.72. The second-order valence-corrected chi connectivity index (χ2v) is 5.72. The molecule has 4 aromatic carbocycles. The first-order valence-electron chi connectivity index (χ1n) is 7.87. The van der Waals surface area contributed by atoms with Crippen molar-refractivity contribution in [3.8, 4) is 0 Å². The highest BCUT2D eigenvalue weighted by atomic mass is 16.1. The number of nitrogen functional groups attached to an aromatic ring is 2. The van der Waals surface area contributed by atoms with Crippen LogP contribution in [0.25, 0.3) is 21.5 Å². The summed E-state index contributed by atoms with van der Waals surface area (Å²) in [6.07, 6.45) is 0. The maximum atomic E-state index is 10.6. The van der Waals surface area contributed by atoms with Crippen LogP contribution in [0.4, 0.5) is 11.4 Å². The molecule has 0 radical (unpaired) electrons. The van der Waals surface area contributed by atoms with Crippen molar-refractivity contribution >= 4 is 38.8 Å². The molecule has 4 rings (SSSR count). The zero-order valence-electron chi connectivity index (χ0n) is 13.6. The van der Waals surface area contributed by atoms with E-state index in [1.165, 1.54) is 16.2 Å². The van der Waals surface area contributed by atoms with E-state index < -0.39 is 5.91 Å². The minimum absolute atomic E-state index is 0.377. The quantitative estimate of drug-likeness (QED) is 0.364. The summed E-state index contributed by atoms with van der Waals surface area (Å²) >= 11 is 0. The number of benzene rings is 4. The molecule has 0 aliphatic rings. The highest BCUT2D eigenvalue weighted by molar-refractivity contribution is 6.03. The number of hydrogen-bond donors (Lipinski definition) is 3. The number of nitrogens with two attached hydrogens (primary N) is 3. The van der Waals surface area contributed by atoms with E-state index >= 15 is 0 Å². The van der Waals surface area contributed by atoms with Gasteiger partial charge in [0.2, 0.25) is 0 Å². The van der Waals surface area contributed by atoms with E-state index in [2.05, 4.69) is 36.4 Å². The van der Waals surface area contributed by atoms with Crippen molar-refractivity contribution in [1.29, 1.82) is 0 Å². The molecular weight excluding hydrogens is 310 g/mol. The molecule has 0 aliphatic carbocycles. The Labute approximate surface area is 145 Å². The highest BCUT2D eigenvalue weighted by Crippen LogP contribution is 2.26. The summed E-state index contributed by atoms with van der Waals surface area (Å²) in [6, 6.07) is 25.4. The Hall–Kier alpha value is -3.53. The fourth-order valence-corrected chi connectivity index (χ4v) is 2.71. The van der Waals surface area contributed by atoms with Gasteiger partial charge >= 0.3 is 0 Å². The molecule has 0 fully saturated rings. The number of hydrogen-bond acceptors (Lipinski definition) is 3. The van der Waals surface area contributed by atoms with Crippen LogP contribution in [0.2, 0.25) is 0 Å². The summed E-state index contributed by atoms with van der Waals surface area (Å²) in [4.78, 5) is 10.6. The summed E-state index contributed by atoms with van der Waals surface area (Å²) in [5.41, 5.74) is 18.0. The van der Waals surface area contributed by atoms with Gasteiger partial charge in [0.05, 0.1) is 5.56 Å². The number of carbonyl (C=O) groups is 1. The summed E-state index contributed by atoms with van der Waals surface area (Å²) in [5, 5.41) is 4.84. The molecule has 0 saturated heterocycles. The van der Waals surface area contributed by atoms with Crippen molar-refractivity contribution < 1.29 is 4.79 Å². The molecule has 0 spiro atoms. The van der Waals surface area contributed by atoms with Crippen molar-refractivity contribution in [2.24, 2.45) is 5.73 Å². The average Bonchev–Trinajstić information content (AvgIpc) is 2.61. The Bertz CT molecular complexity index is 1060. The molecule has 0 aliphatic heterocycles. The van der Waals surface area contributed by atoms with E-state index in [1.54, 1.807) is 24.3 Å². The first-order valence-corrected chi connectivity index (χ1v) is 7.87. The predicted octanol–water partition coefficient (Wildman–Crippen LogP) is 3.94. The lowest BCUT2D eigenvalue weighted by Crippen LogP contribution is -2.12. The zero-order valence-corrected chi connectivity index (χ0v) is 13.6. The lowest BCUT2D eigenvalue weighted by Gasteiger charge is -2.04. The molecule has 0 atom stereocenters. The Balaban J connectivity index is 0.000000160. The van der Waals surface area contributed by atoms with Crippen molar-refractivity contribution in [2.45, 2.75) is 0 Å². The third-order valence-corrected chi connectivity index (χ3v) is 4.01. The molecule has 1 amide bonds. The molecule has 0 heterocycles. The molecule has 4 aromatic rings. The van der Waals surface area contributed by atoms with E-state index in [0.29, 0.717) is 11.3 Å². The van der Waals surface area contributed by atoms with Crippen LogP contribution in [-0.4, -0.2) is 5.91 Å². The lowest BCUT2D eigenvalue weighted by molar-refractivity contribution is 0.100. The topological polar surface area (TPSA) is 95.1 Å². The maximum absolute atomic E-state index is 10.6. The molecule has 6 N–H and O–H groups in total. The molecule has 0 saturated carbocycles. The van der Waals surface area contributed by atoms with Gasteiger partial charge in [-0.1, -0.05) is 48.5 Å². The number of fused-ring (bicyclic) bond motifs is 2. The standard InChI is InChI=1S/C14H11N.C7H8N2O/c15-14-7-3-6-12-8-10-4-1-2-5-11(10)9-13(12)14;8-6-4-2-1-3-5(6)7(9)10/h1-9H,15H2;1-4H,8H2,(H2,9,10). The van der Waals surface area contributed by atoms with Gasteiger partial charge in [0.15, 0.2) is 0 Å². The molecule has 0 bridgehead atoms. The summed E-state index contributed by atoms with van der Waals surface area (Å²) < 4.78 is 0. The summed E-state index contributed by atoms with van der Waals surface area (Å²) in [7, 11) is 0. The molecular formula is C21H19N3O. The minimum atomic E-state index is -0.488. The van der Waals surface area contributed by atoms with E-state index in [-0.39, 0.29) is 0 Å². The largest absolute Gasteiger partial charge is 0.398 e.